The molecule has 2 aliphatic carbocycles. The van der Waals surface area contributed by atoms with Crippen molar-refractivity contribution < 1.29 is 4.79 Å². The molecule has 0 unspecified atom stereocenters. The van der Waals surface area contributed by atoms with Gasteiger partial charge in [-0.15, -0.1) is 0 Å². The van der Waals surface area contributed by atoms with Crippen LogP contribution in [0.4, 0.5) is 0 Å². The first-order valence-electron chi connectivity index (χ1n) is 9.04. The predicted octanol–water partition coefficient (Wildman–Crippen LogP) is 1.82. The van der Waals surface area contributed by atoms with Gasteiger partial charge in [0.1, 0.15) is 0 Å². The van der Waals surface area contributed by atoms with E-state index in [4.69, 9.17) is 5.73 Å². The SMILES string of the molecule is NC1(C(=O)NC2CCC(n3cc(-c4cnccn4)cn3)CC2)CCC1. The first-order chi connectivity index (χ1) is 12.1. The molecule has 2 aromatic rings. The fourth-order valence-electron chi connectivity index (χ4n) is 3.72. The van der Waals surface area contributed by atoms with Gasteiger partial charge in [-0.2, -0.15) is 5.10 Å². The van der Waals surface area contributed by atoms with E-state index < -0.39 is 5.54 Å². The van der Waals surface area contributed by atoms with E-state index in [-0.39, 0.29) is 11.9 Å². The van der Waals surface area contributed by atoms with Crippen molar-refractivity contribution in [2.45, 2.75) is 62.6 Å². The Balaban J connectivity index is 1.33. The molecule has 2 fully saturated rings. The number of rotatable bonds is 4. The van der Waals surface area contributed by atoms with E-state index in [0.29, 0.717) is 6.04 Å². The molecule has 0 aliphatic heterocycles. The molecule has 0 spiro atoms. The summed E-state index contributed by atoms with van der Waals surface area (Å²) in [5.74, 6) is 0.0335. The summed E-state index contributed by atoms with van der Waals surface area (Å²) >= 11 is 0. The highest BCUT2D eigenvalue weighted by Crippen LogP contribution is 2.32. The highest BCUT2D eigenvalue weighted by molar-refractivity contribution is 5.87. The molecule has 2 heterocycles. The van der Waals surface area contributed by atoms with Crippen LogP contribution in [0.15, 0.2) is 31.0 Å². The molecule has 132 valence electrons. The Labute approximate surface area is 147 Å². The van der Waals surface area contributed by atoms with Gasteiger partial charge in [-0.3, -0.25) is 19.4 Å². The fourth-order valence-corrected chi connectivity index (χ4v) is 3.72. The Hall–Kier alpha value is -2.28. The number of nitrogens with zero attached hydrogens (tertiary/aromatic N) is 4. The molecule has 0 bridgehead atoms. The second-order valence-corrected chi connectivity index (χ2v) is 7.29. The number of aromatic nitrogens is 4. The third kappa shape index (κ3) is 3.28. The zero-order chi connectivity index (χ0) is 17.3. The van der Waals surface area contributed by atoms with Gasteiger partial charge in [0.05, 0.1) is 29.7 Å². The third-order valence-corrected chi connectivity index (χ3v) is 5.56. The highest BCUT2D eigenvalue weighted by Gasteiger charge is 2.41. The first kappa shape index (κ1) is 16.2. The summed E-state index contributed by atoms with van der Waals surface area (Å²) in [6.07, 6.45) is 15.6. The topological polar surface area (TPSA) is 98.7 Å². The van der Waals surface area contributed by atoms with Gasteiger partial charge in [-0.25, -0.2) is 0 Å². The van der Waals surface area contributed by atoms with E-state index in [0.717, 1.165) is 56.2 Å². The molecule has 4 rings (SSSR count). The lowest BCUT2D eigenvalue weighted by Gasteiger charge is -2.38. The van der Waals surface area contributed by atoms with E-state index in [1.54, 1.807) is 18.6 Å². The van der Waals surface area contributed by atoms with Crippen molar-refractivity contribution in [3.05, 3.63) is 31.0 Å². The van der Waals surface area contributed by atoms with Crippen LogP contribution in [-0.2, 0) is 4.79 Å². The van der Waals surface area contributed by atoms with E-state index in [1.807, 2.05) is 17.1 Å². The molecule has 1 amide bonds. The number of carbonyl (C=O) groups excluding carboxylic acids is 1. The van der Waals surface area contributed by atoms with Crippen molar-refractivity contribution >= 4 is 5.91 Å². The number of nitrogens with one attached hydrogen (secondary N) is 1. The lowest BCUT2D eigenvalue weighted by Crippen LogP contribution is -2.60. The summed E-state index contributed by atoms with van der Waals surface area (Å²) in [5, 5.41) is 7.66. The molecule has 7 heteroatoms. The van der Waals surface area contributed by atoms with Crippen LogP contribution in [-0.4, -0.2) is 37.2 Å². The molecule has 25 heavy (non-hydrogen) atoms. The molecule has 0 saturated heterocycles. The summed E-state index contributed by atoms with van der Waals surface area (Å²) < 4.78 is 2.03. The van der Waals surface area contributed by atoms with Crippen LogP contribution in [0.1, 0.15) is 51.0 Å². The summed E-state index contributed by atoms with van der Waals surface area (Å²) in [4.78, 5) is 20.7. The molecule has 2 aliphatic rings. The maximum Gasteiger partial charge on any atom is 0.240 e. The second-order valence-electron chi connectivity index (χ2n) is 7.29. The van der Waals surface area contributed by atoms with E-state index in [9.17, 15) is 4.79 Å². The number of hydrogen-bond acceptors (Lipinski definition) is 5. The van der Waals surface area contributed by atoms with Crippen LogP contribution in [0.25, 0.3) is 11.3 Å². The van der Waals surface area contributed by atoms with E-state index in [1.165, 1.54) is 0 Å². The second kappa shape index (κ2) is 6.55. The smallest absolute Gasteiger partial charge is 0.240 e. The first-order valence-corrected chi connectivity index (χ1v) is 9.04. The Bertz CT molecular complexity index is 731. The van der Waals surface area contributed by atoms with Crippen molar-refractivity contribution in [1.29, 1.82) is 0 Å². The standard InChI is InChI=1S/C18H24N6O/c19-18(6-1-7-18)17(25)23-14-2-4-15(5-3-14)24-12-13(10-22-24)16-11-20-8-9-21-16/h8-12,14-15H,1-7,19H2,(H,23,25). The van der Waals surface area contributed by atoms with Crippen LogP contribution in [0.2, 0.25) is 0 Å². The zero-order valence-corrected chi connectivity index (χ0v) is 14.3. The Morgan fingerprint density at radius 1 is 1.20 bits per heavy atom. The van der Waals surface area contributed by atoms with Gasteiger partial charge in [0.15, 0.2) is 0 Å². The van der Waals surface area contributed by atoms with Crippen molar-refractivity contribution in [1.82, 2.24) is 25.1 Å². The average molecular weight is 340 g/mol. The number of hydrogen-bond donors (Lipinski definition) is 2. The quantitative estimate of drug-likeness (QED) is 0.884. The van der Waals surface area contributed by atoms with Crippen molar-refractivity contribution in [3.63, 3.8) is 0 Å². The molecule has 0 radical (unpaired) electrons. The van der Waals surface area contributed by atoms with Crippen LogP contribution in [0.5, 0.6) is 0 Å². The van der Waals surface area contributed by atoms with Gasteiger partial charge >= 0.3 is 0 Å². The minimum Gasteiger partial charge on any atom is -0.352 e. The van der Waals surface area contributed by atoms with Crippen LogP contribution < -0.4 is 11.1 Å². The molecule has 0 aromatic carbocycles. The maximum atomic E-state index is 12.3. The maximum absolute atomic E-state index is 12.3. The van der Waals surface area contributed by atoms with Gasteiger partial charge in [0.2, 0.25) is 5.91 Å². The molecule has 2 saturated carbocycles. The monoisotopic (exact) mass is 340 g/mol. The highest BCUT2D eigenvalue weighted by atomic mass is 16.2. The number of nitrogens with two attached hydrogens (primary N) is 1. The average Bonchev–Trinajstić information content (AvgIpc) is 3.11. The van der Waals surface area contributed by atoms with Crippen LogP contribution in [0.3, 0.4) is 0 Å². The fraction of sp³-hybridized carbons (Fsp3) is 0.556. The molecular weight excluding hydrogens is 316 g/mol. The van der Waals surface area contributed by atoms with Crippen LogP contribution >= 0.6 is 0 Å². The Morgan fingerprint density at radius 2 is 2.00 bits per heavy atom. The van der Waals surface area contributed by atoms with E-state index >= 15 is 0 Å². The number of carbonyl (C=O) groups is 1. The lowest BCUT2D eigenvalue weighted by molar-refractivity contribution is -0.130. The summed E-state index contributed by atoms with van der Waals surface area (Å²) in [6, 6.07) is 0.605. The predicted molar refractivity (Wildman–Crippen MR) is 93.5 cm³/mol. The van der Waals surface area contributed by atoms with Crippen LogP contribution in [0, 0.1) is 0 Å². The molecule has 2 aromatic heterocycles. The Morgan fingerprint density at radius 3 is 2.64 bits per heavy atom. The normalized spacial score (nSPS) is 25.2. The van der Waals surface area contributed by atoms with E-state index in [2.05, 4.69) is 20.4 Å². The minimum absolute atomic E-state index is 0.0335. The van der Waals surface area contributed by atoms with Gasteiger partial charge < -0.3 is 11.1 Å². The van der Waals surface area contributed by atoms with Gasteiger partial charge in [0.25, 0.3) is 0 Å². The van der Waals surface area contributed by atoms with Gasteiger partial charge in [-0.1, -0.05) is 0 Å². The molecular formula is C18H24N6O. The summed E-state index contributed by atoms with van der Waals surface area (Å²) in [7, 11) is 0. The minimum atomic E-state index is -0.607. The summed E-state index contributed by atoms with van der Waals surface area (Å²) in [6.45, 7) is 0. The van der Waals surface area contributed by atoms with Crippen molar-refractivity contribution in [3.8, 4) is 11.3 Å². The number of amides is 1. The third-order valence-electron chi connectivity index (χ3n) is 5.56. The van der Waals surface area contributed by atoms with Crippen molar-refractivity contribution in [2.24, 2.45) is 5.73 Å². The molecule has 3 N–H and O–H groups in total. The van der Waals surface area contributed by atoms with Crippen molar-refractivity contribution in [2.75, 3.05) is 0 Å². The largest absolute Gasteiger partial charge is 0.352 e. The molecule has 0 atom stereocenters. The molecule has 7 nitrogen and oxygen atoms in total. The lowest BCUT2D eigenvalue weighted by atomic mass is 9.76. The Kier molecular flexibility index (Phi) is 4.25. The van der Waals surface area contributed by atoms with Gasteiger partial charge in [-0.05, 0) is 44.9 Å². The zero-order valence-electron chi connectivity index (χ0n) is 14.3. The van der Waals surface area contributed by atoms with Gasteiger partial charge in [0, 0.05) is 30.2 Å². The summed E-state index contributed by atoms with van der Waals surface area (Å²) in [5.41, 5.74) is 7.32.